The second-order valence-electron chi connectivity index (χ2n) is 3.75. The fraction of sp³-hybridized carbons (Fsp3) is 0.778. The van der Waals surface area contributed by atoms with Crippen molar-refractivity contribution in [1.82, 2.24) is 10.2 Å². The van der Waals surface area contributed by atoms with Crippen molar-refractivity contribution in [2.45, 2.75) is 32.7 Å². The van der Waals surface area contributed by atoms with Gasteiger partial charge in [0.1, 0.15) is 5.54 Å². The summed E-state index contributed by atoms with van der Waals surface area (Å²) in [6.45, 7) is 5.84. The van der Waals surface area contributed by atoms with Gasteiger partial charge in [0, 0.05) is 7.05 Å². The van der Waals surface area contributed by atoms with Crippen LogP contribution in [0.4, 0.5) is 4.79 Å². The smallest absolute Gasteiger partial charge is 0.313 e. The van der Waals surface area contributed by atoms with Crippen LogP contribution in [0.3, 0.4) is 0 Å². The van der Waals surface area contributed by atoms with E-state index in [2.05, 4.69) is 5.32 Å². The molecule has 1 aliphatic heterocycles. The largest absolute Gasteiger partial charge is 0.324 e. The molecule has 0 aromatic rings. The molecule has 0 bridgehead atoms. The van der Waals surface area contributed by atoms with Gasteiger partial charge in [-0.15, -0.1) is 0 Å². The first kappa shape index (κ1) is 10.0. The average Bonchev–Trinajstić information content (AvgIpc) is 2.25. The maximum atomic E-state index is 11.6. The zero-order valence-corrected chi connectivity index (χ0v) is 8.55. The van der Waals surface area contributed by atoms with Crippen molar-refractivity contribution in [2.24, 2.45) is 5.92 Å². The Kier molecular flexibility index (Phi) is 2.32. The van der Waals surface area contributed by atoms with Crippen LogP contribution in [0.1, 0.15) is 27.2 Å². The number of urea groups is 1. The molecule has 1 rings (SSSR count). The van der Waals surface area contributed by atoms with Crippen LogP contribution in [0, 0.1) is 5.92 Å². The minimum absolute atomic E-state index is 0.133. The fourth-order valence-corrected chi connectivity index (χ4v) is 2.08. The van der Waals surface area contributed by atoms with Gasteiger partial charge in [0.2, 0.25) is 0 Å². The Morgan fingerprint density at radius 3 is 2.15 bits per heavy atom. The third-order valence-corrected chi connectivity index (χ3v) is 3.01. The van der Waals surface area contributed by atoms with Gasteiger partial charge in [0.25, 0.3) is 5.91 Å². The van der Waals surface area contributed by atoms with E-state index in [0.29, 0.717) is 6.42 Å². The van der Waals surface area contributed by atoms with Crippen LogP contribution in [0.25, 0.3) is 0 Å². The van der Waals surface area contributed by atoms with Crippen molar-refractivity contribution in [3.8, 4) is 0 Å². The summed E-state index contributed by atoms with van der Waals surface area (Å²) in [5.74, 6) is -0.0357. The van der Waals surface area contributed by atoms with Gasteiger partial charge in [-0.25, -0.2) is 4.79 Å². The molecule has 0 saturated carbocycles. The first-order valence-corrected chi connectivity index (χ1v) is 4.56. The third kappa shape index (κ3) is 1.12. The van der Waals surface area contributed by atoms with E-state index in [1.165, 1.54) is 4.90 Å². The van der Waals surface area contributed by atoms with Gasteiger partial charge in [0.05, 0.1) is 0 Å². The summed E-state index contributed by atoms with van der Waals surface area (Å²) in [6.07, 6.45) is 0.652. The molecule has 4 nitrogen and oxygen atoms in total. The van der Waals surface area contributed by atoms with E-state index >= 15 is 0 Å². The Bertz CT molecular complexity index is 250. The van der Waals surface area contributed by atoms with Crippen LogP contribution in [0.2, 0.25) is 0 Å². The Hall–Kier alpha value is -1.06. The number of hydrogen-bond donors (Lipinski definition) is 1. The summed E-state index contributed by atoms with van der Waals surface area (Å²) in [4.78, 5) is 24.4. The molecular formula is C9H16N2O2. The number of amides is 3. The quantitative estimate of drug-likeness (QED) is 0.650. The molecule has 1 unspecified atom stereocenters. The van der Waals surface area contributed by atoms with Gasteiger partial charge in [-0.05, 0) is 12.3 Å². The number of imide groups is 1. The Morgan fingerprint density at radius 1 is 1.46 bits per heavy atom. The van der Waals surface area contributed by atoms with Crippen molar-refractivity contribution in [3.63, 3.8) is 0 Å². The lowest BCUT2D eigenvalue weighted by atomic mass is 9.83. The van der Waals surface area contributed by atoms with E-state index in [4.69, 9.17) is 0 Å². The van der Waals surface area contributed by atoms with Crippen molar-refractivity contribution in [3.05, 3.63) is 0 Å². The first-order chi connectivity index (χ1) is 5.96. The molecular weight excluding hydrogens is 168 g/mol. The highest BCUT2D eigenvalue weighted by Crippen LogP contribution is 2.31. The summed E-state index contributed by atoms with van der Waals surface area (Å²) >= 11 is 0. The standard InChI is InChI=1S/C9H16N2O2/c1-5-9(6(2)3)7(12)10-8(13)11(9)4/h6H,5H2,1-4H3,(H,10,12,13). The molecule has 0 aromatic carbocycles. The first-order valence-electron chi connectivity index (χ1n) is 4.56. The highest BCUT2D eigenvalue weighted by molar-refractivity contribution is 6.07. The molecule has 0 aliphatic carbocycles. The minimum atomic E-state index is -0.642. The number of hydrogen-bond acceptors (Lipinski definition) is 2. The SMILES string of the molecule is CCC1(C(C)C)C(=O)NC(=O)N1C. The molecule has 1 saturated heterocycles. The lowest BCUT2D eigenvalue weighted by Gasteiger charge is -2.35. The van der Waals surface area contributed by atoms with Gasteiger partial charge in [-0.3, -0.25) is 10.1 Å². The predicted molar refractivity (Wildman–Crippen MR) is 49.2 cm³/mol. The average molecular weight is 184 g/mol. The van der Waals surface area contributed by atoms with Crippen LogP contribution in [0.5, 0.6) is 0 Å². The van der Waals surface area contributed by atoms with Crippen LogP contribution >= 0.6 is 0 Å². The summed E-state index contributed by atoms with van der Waals surface area (Å²) < 4.78 is 0. The molecule has 4 heteroatoms. The maximum absolute atomic E-state index is 11.6. The monoisotopic (exact) mass is 184 g/mol. The molecule has 0 radical (unpaired) electrons. The second-order valence-corrected chi connectivity index (χ2v) is 3.75. The van der Waals surface area contributed by atoms with E-state index in [1.54, 1.807) is 7.05 Å². The Morgan fingerprint density at radius 2 is 2.00 bits per heavy atom. The van der Waals surface area contributed by atoms with E-state index in [0.717, 1.165) is 0 Å². The lowest BCUT2D eigenvalue weighted by Crippen LogP contribution is -2.51. The predicted octanol–water partition coefficient (Wildman–Crippen LogP) is 0.973. The zero-order valence-electron chi connectivity index (χ0n) is 8.55. The Labute approximate surface area is 78.3 Å². The van der Waals surface area contributed by atoms with E-state index in [9.17, 15) is 9.59 Å². The summed E-state index contributed by atoms with van der Waals surface area (Å²) in [6, 6.07) is -0.291. The zero-order chi connectivity index (χ0) is 10.2. The number of carbonyl (C=O) groups excluding carboxylic acids is 2. The number of nitrogens with zero attached hydrogens (tertiary/aromatic N) is 1. The van der Waals surface area contributed by atoms with Gasteiger partial charge in [-0.2, -0.15) is 0 Å². The Balaban J connectivity index is 3.10. The molecule has 13 heavy (non-hydrogen) atoms. The maximum Gasteiger partial charge on any atom is 0.324 e. The second kappa shape index (κ2) is 3.01. The number of nitrogens with one attached hydrogen (secondary N) is 1. The van der Waals surface area contributed by atoms with E-state index in [-0.39, 0.29) is 17.9 Å². The third-order valence-electron chi connectivity index (χ3n) is 3.01. The minimum Gasteiger partial charge on any atom is -0.313 e. The fourth-order valence-electron chi connectivity index (χ4n) is 2.08. The van der Waals surface area contributed by atoms with Crippen molar-refractivity contribution in [1.29, 1.82) is 0 Å². The molecule has 1 N–H and O–H groups in total. The molecule has 1 aliphatic rings. The van der Waals surface area contributed by atoms with Crippen molar-refractivity contribution >= 4 is 11.9 Å². The number of rotatable bonds is 2. The molecule has 1 atom stereocenters. The van der Waals surface area contributed by atoms with Crippen LogP contribution in [-0.4, -0.2) is 29.4 Å². The highest BCUT2D eigenvalue weighted by atomic mass is 16.2. The molecule has 0 spiro atoms. The molecule has 74 valence electrons. The van der Waals surface area contributed by atoms with E-state index < -0.39 is 5.54 Å². The van der Waals surface area contributed by atoms with Gasteiger partial charge < -0.3 is 4.90 Å². The van der Waals surface area contributed by atoms with Gasteiger partial charge in [-0.1, -0.05) is 20.8 Å². The lowest BCUT2D eigenvalue weighted by molar-refractivity contribution is -0.128. The van der Waals surface area contributed by atoms with Crippen molar-refractivity contribution in [2.75, 3.05) is 7.05 Å². The normalized spacial score (nSPS) is 28.5. The van der Waals surface area contributed by atoms with Crippen LogP contribution in [-0.2, 0) is 4.79 Å². The van der Waals surface area contributed by atoms with Gasteiger partial charge in [0.15, 0.2) is 0 Å². The van der Waals surface area contributed by atoms with Gasteiger partial charge >= 0.3 is 6.03 Å². The van der Waals surface area contributed by atoms with Crippen LogP contribution < -0.4 is 5.32 Å². The van der Waals surface area contributed by atoms with Crippen LogP contribution in [0.15, 0.2) is 0 Å². The molecule has 1 fully saturated rings. The summed E-state index contributed by atoms with van der Waals surface area (Å²) in [5.41, 5.74) is -0.642. The van der Waals surface area contributed by atoms with Crippen molar-refractivity contribution < 1.29 is 9.59 Å². The highest BCUT2D eigenvalue weighted by Gasteiger charge is 2.51. The summed E-state index contributed by atoms with van der Waals surface area (Å²) in [7, 11) is 1.67. The topological polar surface area (TPSA) is 49.4 Å². The summed E-state index contributed by atoms with van der Waals surface area (Å²) in [5, 5.41) is 2.34. The number of carbonyl (C=O) groups is 2. The van der Waals surface area contributed by atoms with E-state index in [1.807, 2.05) is 20.8 Å². The molecule has 3 amide bonds. The molecule has 1 heterocycles. The number of likely N-dealkylation sites (N-methyl/N-ethyl adjacent to an activating group) is 1. The molecule has 0 aromatic heterocycles.